The van der Waals surface area contributed by atoms with E-state index in [2.05, 4.69) is 10.3 Å². The number of methoxy groups -OCH3 is 1. The lowest BCUT2D eigenvalue weighted by atomic mass is 9.95. The molecule has 4 heteroatoms. The molecule has 0 saturated heterocycles. The van der Waals surface area contributed by atoms with Crippen LogP contribution >= 0.6 is 0 Å². The minimum absolute atomic E-state index is 0.267. The van der Waals surface area contributed by atoms with E-state index in [1.54, 1.807) is 13.3 Å². The maximum atomic E-state index is 5.94. The van der Waals surface area contributed by atoms with Crippen LogP contribution in [0.15, 0.2) is 18.3 Å². The van der Waals surface area contributed by atoms with Crippen LogP contribution in [-0.2, 0) is 4.74 Å². The number of pyridine rings is 1. The van der Waals surface area contributed by atoms with Crippen molar-refractivity contribution in [1.82, 2.24) is 4.98 Å². The maximum Gasteiger partial charge on any atom is 0.237 e. The van der Waals surface area contributed by atoms with Gasteiger partial charge in [-0.25, -0.2) is 4.98 Å². The van der Waals surface area contributed by atoms with Gasteiger partial charge in [-0.2, -0.15) is 0 Å². The maximum absolute atomic E-state index is 5.94. The summed E-state index contributed by atoms with van der Waals surface area (Å²) >= 11 is 0. The highest BCUT2D eigenvalue weighted by Gasteiger charge is 2.22. The number of hydrogen-bond donors (Lipinski definition) is 1. The third kappa shape index (κ3) is 3.09. The smallest absolute Gasteiger partial charge is 0.237 e. The van der Waals surface area contributed by atoms with E-state index in [-0.39, 0.29) is 6.10 Å². The Morgan fingerprint density at radius 3 is 2.59 bits per heavy atom. The molecular weight excluding hydrogens is 216 g/mol. The van der Waals surface area contributed by atoms with Gasteiger partial charge in [0, 0.05) is 20.4 Å². The number of anilines is 1. The number of nitrogens with one attached hydrogen (secondary N) is 1. The topological polar surface area (TPSA) is 43.4 Å². The first kappa shape index (κ1) is 12.2. The van der Waals surface area contributed by atoms with Crippen molar-refractivity contribution < 1.29 is 9.47 Å². The van der Waals surface area contributed by atoms with Gasteiger partial charge in [-0.15, -0.1) is 0 Å². The number of hydrogen-bond acceptors (Lipinski definition) is 4. The molecule has 1 fully saturated rings. The fourth-order valence-electron chi connectivity index (χ4n) is 2.22. The fraction of sp³-hybridized carbons (Fsp3) is 0.615. The first-order valence-corrected chi connectivity index (χ1v) is 6.15. The Morgan fingerprint density at radius 2 is 1.94 bits per heavy atom. The molecule has 1 heterocycles. The van der Waals surface area contributed by atoms with Crippen LogP contribution in [0.2, 0.25) is 0 Å². The fourth-order valence-corrected chi connectivity index (χ4v) is 2.22. The Bertz CT molecular complexity index is 349. The van der Waals surface area contributed by atoms with Crippen LogP contribution in [0, 0.1) is 0 Å². The van der Waals surface area contributed by atoms with Crippen molar-refractivity contribution in [1.29, 1.82) is 0 Å². The van der Waals surface area contributed by atoms with Crippen LogP contribution in [0.4, 0.5) is 5.69 Å². The molecule has 0 bridgehead atoms. The molecule has 0 amide bonds. The molecule has 1 aromatic heterocycles. The van der Waals surface area contributed by atoms with Crippen molar-refractivity contribution in [3.05, 3.63) is 18.3 Å². The van der Waals surface area contributed by atoms with E-state index in [9.17, 15) is 0 Å². The first-order valence-electron chi connectivity index (χ1n) is 6.15. The molecule has 17 heavy (non-hydrogen) atoms. The zero-order valence-corrected chi connectivity index (χ0v) is 10.5. The van der Waals surface area contributed by atoms with Gasteiger partial charge in [-0.3, -0.25) is 0 Å². The SMILES string of the molecule is CNc1cccnc1OC1CCC(OC)CC1. The molecule has 1 saturated carbocycles. The molecule has 0 atom stereocenters. The molecule has 0 aliphatic heterocycles. The summed E-state index contributed by atoms with van der Waals surface area (Å²) in [6.45, 7) is 0. The van der Waals surface area contributed by atoms with E-state index in [4.69, 9.17) is 9.47 Å². The number of nitrogens with zero attached hydrogens (tertiary/aromatic N) is 1. The normalized spacial score (nSPS) is 24.4. The number of aromatic nitrogens is 1. The monoisotopic (exact) mass is 236 g/mol. The van der Waals surface area contributed by atoms with E-state index >= 15 is 0 Å². The summed E-state index contributed by atoms with van der Waals surface area (Å²) in [7, 11) is 3.66. The molecule has 0 radical (unpaired) electrons. The van der Waals surface area contributed by atoms with E-state index < -0.39 is 0 Å². The predicted octanol–water partition coefficient (Wildman–Crippen LogP) is 2.46. The van der Waals surface area contributed by atoms with E-state index in [1.807, 2.05) is 19.2 Å². The molecule has 2 rings (SSSR count). The summed E-state index contributed by atoms with van der Waals surface area (Å²) in [5.74, 6) is 0.705. The van der Waals surface area contributed by atoms with Gasteiger partial charge in [0.25, 0.3) is 0 Å². The van der Waals surface area contributed by atoms with Gasteiger partial charge < -0.3 is 14.8 Å². The van der Waals surface area contributed by atoms with Crippen molar-refractivity contribution in [3.8, 4) is 5.88 Å². The molecule has 94 valence electrons. The minimum atomic E-state index is 0.267. The average molecular weight is 236 g/mol. The van der Waals surface area contributed by atoms with Gasteiger partial charge in [-0.1, -0.05) is 0 Å². The summed E-state index contributed by atoms with van der Waals surface area (Å²) in [6, 6.07) is 3.88. The number of rotatable bonds is 4. The van der Waals surface area contributed by atoms with Crippen LogP contribution < -0.4 is 10.1 Å². The largest absolute Gasteiger partial charge is 0.473 e. The Hall–Kier alpha value is -1.29. The lowest BCUT2D eigenvalue weighted by Crippen LogP contribution is -2.28. The summed E-state index contributed by atoms with van der Waals surface area (Å²) in [5, 5.41) is 3.09. The molecular formula is C13H20N2O2. The molecule has 1 aliphatic rings. The minimum Gasteiger partial charge on any atom is -0.473 e. The van der Waals surface area contributed by atoms with Crippen molar-refractivity contribution in [2.45, 2.75) is 37.9 Å². The number of ether oxygens (including phenoxy) is 2. The molecule has 1 N–H and O–H groups in total. The summed E-state index contributed by atoms with van der Waals surface area (Å²) in [5.41, 5.74) is 0.946. The standard InChI is InChI=1S/C13H20N2O2/c1-14-12-4-3-9-15-13(12)17-11-7-5-10(16-2)6-8-11/h3-4,9-11,14H,5-8H2,1-2H3. The van der Waals surface area contributed by atoms with Gasteiger partial charge in [0.05, 0.1) is 11.8 Å². The molecule has 0 unspecified atom stereocenters. The van der Waals surface area contributed by atoms with Crippen LogP contribution in [-0.4, -0.2) is 31.3 Å². The van der Waals surface area contributed by atoms with E-state index in [0.29, 0.717) is 12.0 Å². The van der Waals surface area contributed by atoms with Crippen LogP contribution in [0.1, 0.15) is 25.7 Å². The highest BCUT2D eigenvalue weighted by atomic mass is 16.5. The zero-order chi connectivity index (χ0) is 12.1. The summed E-state index contributed by atoms with van der Waals surface area (Å²) < 4.78 is 11.3. The molecule has 0 aromatic carbocycles. The summed E-state index contributed by atoms with van der Waals surface area (Å²) in [6.07, 6.45) is 6.66. The van der Waals surface area contributed by atoms with Gasteiger partial charge in [-0.05, 0) is 37.8 Å². The van der Waals surface area contributed by atoms with Gasteiger partial charge in [0.15, 0.2) is 0 Å². The lowest BCUT2D eigenvalue weighted by Gasteiger charge is -2.28. The van der Waals surface area contributed by atoms with Crippen molar-refractivity contribution in [3.63, 3.8) is 0 Å². The Kier molecular flexibility index (Phi) is 4.20. The highest BCUT2D eigenvalue weighted by Crippen LogP contribution is 2.27. The second kappa shape index (κ2) is 5.87. The Labute approximate surface area is 102 Å². The first-order chi connectivity index (χ1) is 8.33. The van der Waals surface area contributed by atoms with Crippen molar-refractivity contribution in [2.75, 3.05) is 19.5 Å². The molecule has 1 aliphatic carbocycles. The van der Waals surface area contributed by atoms with Crippen molar-refractivity contribution >= 4 is 5.69 Å². The third-order valence-corrected chi connectivity index (χ3v) is 3.27. The Balaban J connectivity index is 1.93. The second-order valence-corrected chi connectivity index (χ2v) is 4.36. The summed E-state index contributed by atoms with van der Waals surface area (Å²) in [4.78, 5) is 4.27. The van der Waals surface area contributed by atoms with Crippen molar-refractivity contribution in [2.24, 2.45) is 0 Å². The van der Waals surface area contributed by atoms with Gasteiger partial charge in [0.1, 0.15) is 6.10 Å². The highest BCUT2D eigenvalue weighted by molar-refractivity contribution is 5.51. The molecule has 0 spiro atoms. The molecule has 4 nitrogen and oxygen atoms in total. The quantitative estimate of drug-likeness (QED) is 0.872. The van der Waals surface area contributed by atoms with Gasteiger partial charge in [0.2, 0.25) is 5.88 Å². The zero-order valence-electron chi connectivity index (χ0n) is 10.5. The van der Waals surface area contributed by atoms with Gasteiger partial charge >= 0.3 is 0 Å². The Morgan fingerprint density at radius 1 is 1.24 bits per heavy atom. The van der Waals surface area contributed by atoms with E-state index in [1.165, 1.54) is 0 Å². The van der Waals surface area contributed by atoms with Crippen LogP contribution in [0.3, 0.4) is 0 Å². The lowest BCUT2D eigenvalue weighted by molar-refractivity contribution is 0.0317. The van der Waals surface area contributed by atoms with Crippen LogP contribution in [0.25, 0.3) is 0 Å². The predicted molar refractivity (Wildman–Crippen MR) is 67.5 cm³/mol. The van der Waals surface area contributed by atoms with E-state index in [0.717, 1.165) is 31.4 Å². The van der Waals surface area contributed by atoms with Crippen LogP contribution in [0.5, 0.6) is 5.88 Å². The average Bonchev–Trinajstić information content (AvgIpc) is 2.40. The third-order valence-electron chi connectivity index (χ3n) is 3.27. The molecule has 1 aromatic rings. The second-order valence-electron chi connectivity index (χ2n) is 4.36.